The molecule has 1 saturated carbocycles. The van der Waals surface area contributed by atoms with Gasteiger partial charge >= 0.3 is 0 Å². The Morgan fingerprint density at radius 1 is 1.38 bits per heavy atom. The number of aliphatic hydroxyl groups excluding tert-OH is 1. The number of rotatable bonds is 5. The van der Waals surface area contributed by atoms with Crippen molar-refractivity contribution in [3.8, 4) is 11.5 Å². The maximum atomic E-state index is 13.9. The van der Waals surface area contributed by atoms with E-state index in [-0.39, 0.29) is 23.6 Å². The molecule has 9 nitrogen and oxygen atoms in total. The van der Waals surface area contributed by atoms with E-state index in [9.17, 15) is 14.3 Å². The Balaban J connectivity index is 1.79. The topological polar surface area (TPSA) is 108 Å². The van der Waals surface area contributed by atoms with Crippen LogP contribution in [0.15, 0.2) is 33.8 Å². The van der Waals surface area contributed by atoms with Crippen LogP contribution < -0.4 is 5.56 Å². The number of nitrogens with zero attached hydrogens (tertiary/aromatic N) is 5. The molecule has 1 N–H and O–H groups in total. The number of hydrogen-bond acceptors (Lipinski definition) is 7. The predicted molar refractivity (Wildman–Crippen MR) is 99.9 cm³/mol. The van der Waals surface area contributed by atoms with Gasteiger partial charge < -0.3 is 14.4 Å². The van der Waals surface area contributed by atoms with Crippen molar-refractivity contribution in [2.75, 3.05) is 13.7 Å². The lowest BCUT2D eigenvalue weighted by atomic mass is 10.2. The van der Waals surface area contributed by atoms with Crippen LogP contribution in [0.1, 0.15) is 31.7 Å². The number of benzene rings is 1. The Morgan fingerprint density at radius 2 is 2.17 bits per heavy atom. The second-order valence-electron chi connectivity index (χ2n) is 7.27. The first-order valence-electron chi connectivity index (χ1n) is 9.20. The summed E-state index contributed by atoms with van der Waals surface area (Å²) in [5.41, 5.74) is 0.409. The third-order valence-electron chi connectivity index (χ3n) is 5.47. The normalized spacial score (nSPS) is 16.6. The number of fused-ring (bicyclic) bond motifs is 3. The Labute approximate surface area is 163 Å². The smallest absolute Gasteiger partial charge is 0.278 e. The van der Waals surface area contributed by atoms with Crippen molar-refractivity contribution in [2.45, 2.75) is 31.4 Å². The quantitative estimate of drug-likeness (QED) is 0.547. The second-order valence-corrected chi connectivity index (χ2v) is 7.27. The summed E-state index contributed by atoms with van der Waals surface area (Å²) in [6, 6.07) is 3.57. The van der Waals surface area contributed by atoms with Crippen LogP contribution in [0, 0.1) is 5.82 Å². The van der Waals surface area contributed by atoms with Gasteiger partial charge in [0.15, 0.2) is 0 Å². The molecule has 3 heterocycles. The third kappa shape index (κ3) is 2.52. The number of hydrogen-bond donors (Lipinski definition) is 1. The van der Waals surface area contributed by atoms with Crippen LogP contribution in [0.2, 0.25) is 0 Å². The van der Waals surface area contributed by atoms with E-state index in [2.05, 4.69) is 15.1 Å². The Morgan fingerprint density at radius 3 is 2.86 bits per heavy atom. The number of imidazole rings is 1. The molecule has 1 fully saturated rings. The molecule has 29 heavy (non-hydrogen) atoms. The molecule has 1 atom stereocenters. The highest BCUT2D eigenvalue weighted by Gasteiger charge is 2.50. The van der Waals surface area contributed by atoms with E-state index in [1.54, 1.807) is 24.5 Å². The van der Waals surface area contributed by atoms with E-state index in [0.29, 0.717) is 16.9 Å². The van der Waals surface area contributed by atoms with Crippen LogP contribution in [0.3, 0.4) is 0 Å². The minimum atomic E-state index is -0.566. The van der Waals surface area contributed by atoms with Crippen LogP contribution in [0.5, 0.6) is 0 Å². The molecule has 10 heteroatoms. The van der Waals surface area contributed by atoms with Gasteiger partial charge in [0.25, 0.3) is 11.4 Å². The van der Waals surface area contributed by atoms with Crippen molar-refractivity contribution in [1.29, 1.82) is 0 Å². The average Bonchev–Trinajstić information content (AvgIpc) is 3.14. The summed E-state index contributed by atoms with van der Waals surface area (Å²) in [4.78, 5) is 22.1. The number of methoxy groups -OCH3 is 1. The van der Waals surface area contributed by atoms with E-state index >= 15 is 0 Å². The highest BCUT2D eigenvalue weighted by atomic mass is 19.1. The zero-order valence-electron chi connectivity index (χ0n) is 15.8. The first-order chi connectivity index (χ1) is 14.0. The Bertz CT molecular complexity index is 1300. The summed E-state index contributed by atoms with van der Waals surface area (Å²) in [6.07, 6.45) is 3.04. The van der Waals surface area contributed by atoms with Crippen LogP contribution in [0.25, 0.3) is 28.1 Å². The molecule has 1 aromatic carbocycles. The van der Waals surface area contributed by atoms with Crippen molar-refractivity contribution in [3.63, 3.8) is 0 Å². The molecule has 0 saturated heterocycles. The fourth-order valence-corrected chi connectivity index (χ4v) is 3.66. The summed E-state index contributed by atoms with van der Waals surface area (Å²) in [5, 5.41) is 13.6. The summed E-state index contributed by atoms with van der Waals surface area (Å²) >= 11 is 0. The molecular weight excluding hydrogens is 381 g/mol. The molecule has 0 radical (unpaired) electrons. The first kappa shape index (κ1) is 18.0. The molecule has 3 aromatic heterocycles. The minimum Gasteiger partial charge on any atom is -0.394 e. The van der Waals surface area contributed by atoms with Gasteiger partial charge in [0, 0.05) is 7.11 Å². The van der Waals surface area contributed by atoms with Gasteiger partial charge in [0.2, 0.25) is 5.82 Å². The van der Waals surface area contributed by atoms with Gasteiger partial charge in [-0.1, -0.05) is 5.16 Å². The summed E-state index contributed by atoms with van der Waals surface area (Å²) < 4.78 is 27.7. The first-order valence-corrected chi connectivity index (χ1v) is 9.20. The van der Waals surface area contributed by atoms with Gasteiger partial charge in [0.1, 0.15) is 29.0 Å². The van der Waals surface area contributed by atoms with Crippen LogP contribution in [-0.4, -0.2) is 42.9 Å². The zero-order valence-corrected chi connectivity index (χ0v) is 15.8. The van der Waals surface area contributed by atoms with Gasteiger partial charge in [-0.25, -0.2) is 9.37 Å². The number of aliphatic hydroxyl groups is 1. The average molecular weight is 399 g/mol. The van der Waals surface area contributed by atoms with Crippen molar-refractivity contribution >= 4 is 16.6 Å². The molecule has 150 valence electrons. The fraction of sp³-hybridized carbons (Fsp3) is 0.368. The van der Waals surface area contributed by atoms with Crippen LogP contribution in [0.4, 0.5) is 4.39 Å². The fourth-order valence-electron chi connectivity index (χ4n) is 3.66. The van der Waals surface area contributed by atoms with Crippen LogP contribution in [-0.2, 0) is 10.3 Å². The Hall–Kier alpha value is -3.11. The van der Waals surface area contributed by atoms with Crippen LogP contribution >= 0.6 is 0 Å². The zero-order chi connectivity index (χ0) is 20.3. The molecule has 4 aromatic rings. The Kier molecular flexibility index (Phi) is 3.83. The second kappa shape index (κ2) is 6.19. The summed E-state index contributed by atoms with van der Waals surface area (Å²) in [7, 11) is 1.59. The number of ether oxygens (including phenoxy) is 1. The van der Waals surface area contributed by atoms with E-state index in [0.717, 1.165) is 12.8 Å². The SMILES string of the molecule is COC1(c2nc(-c3ncn4c3c(=O)n(C(C)CO)c3cc(F)ccc34)no2)CC1. The maximum Gasteiger partial charge on any atom is 0.278 e. The molecule has 5 rings (SSSR count). The van der Waals surface area contributed by atoms with Crippen molar-refractivity contribution < 1.29 is 18.8 Å². The largest absolute Gasteiger partial charge is 0.394 e. The minimum absolute atomic E-state index is 0.174. The molecule has 0 amide bonds. The van der Waals surface area contributed by atoms with E-state index in [4.69, 9.17) is 9.26 Å². The molecule has 1 unspecified atom stereocenters. The highest BCUT2D eigenvalue weighted by molar-refractivity contribution is 5.83. The molecule has 0 aliphatic heterocycles. The predicted octanol–water partition coefficient (Wildman–Crippen LogP) is 2.03. The van der Waals surface area contributed by atoms with Crippen molar-refractivity contribution in [1.82, 2.24) is 24.1 Å². The lowest BCUT2D eigenvalue weighted by Crippen LogP contribution is -2.27. The maximum absolute atomic E-state index is 13.9. The van der Waals surface area contributed by atoms with E-state index in [1.165, 1.54) is 23.0 Å². The van der Waals surface area contributed by atoms with Gasteiger partial charge in [-0.05, 0) is 38.0 Å². The lowest BCUT2D eigenvalue weighted by molar-refractivity contribution is 0.0492. The molecule has 1 aliphatic rings. The summed E-state index contributed by atoms with van der Waals surface area (Å²) in [5.74, 6) is 0.0447. The lowest BCUT2D eigenvalue weighted by Gasteiger charge is -2.17. The van der Waals surface area contributed by atoms with E-state index in [1.807, 2.05) is 0 Å². The van der Waals surface area contributed by atoms with Gasteiger partial charge in [-0.3, -0.25) is 13.8 Å². The van der Waals surface area contributed by atoms with Gasteiger partial charge in [0.05, 0.1) is 23.7 Å². The monoisotopic (exact) mass is 399 g/mol. The molecule has 0 bridgehead atoms. The summed E-state index contributed by atoms with van der Waals surface area (Å²) in [6.45, 7) is 1.40. The third-order valence-corrected chi connectivity index (χ3v) is 5.47. The molecule has 1 aliphatic carbocycles. The standard InChI is InChI=1S/C19H18FN5O4/c1-10(8-26)25-13-7-11(20)3-4-12(13)24-9-21-14(15(24)17(25)27)16-22-18(29-23-16)19(28-2)5-6-19/h3-4,7,9-10,26H,5-6,8H2,1-2H3. The van der Waals surface area contributed by atoms with E-state index < -0.39 is 23.0 Å². The molecule has 0 spiro atoms. The van der Waals surface area contributed by atoms with Crippen molar-refractivity contribution in [2.24, 2.45) is 0 Å². The highest BCUT2D eigenvalue weighted by Crippen LogP contribution is 2.48. The molecular formula is C19H18FN5O4. The number of aromatic nitrogens is 5. The van der Waals surface area contributed by atoms with Crippen molar-refractivity contribution in [3.05, 3.63) is 46.6 Å². The number of halogens is 1. The van der Waals surface area contributed by atoms with Gasteiger partial charge in [-0.2, -0.15) is 4.98 Å². The van der Waals surface area contributed by atoms with Gasteiger partial charge in [-0.15, -0.1) is 0 Å².